The highest BCUT2D eigenvalue weighted by atomic mass is 16.1. The van der Waals surface area contributed by atoms with Gasteiger partial charge in [0.2, 0.25) is 0 Å². The number of rotatable bonds is 9. The smallest absolute Gasteiger partial charge is 0.255 e. The Balaban J connectivity index is 1.13. The Morgan fingerprint density at radius 3 is 2.09 bits per heavy atom. The van der Waals surface area contributed by atoms with Crippen molar-refractivity contribution in [3.8, 4) is 0 Å². The fourth-order valence-corrected chi connectivity index (χ4v) is 4.22. The van der Waals surface area contributed by atoms with Crippen molar-refractivity contribution in [3.63, 3.8) is 0 Å². The maximum atomic E-state index is 12.8. The molecule has 4 aromatic carbocycles. The molecule has 34 heavy (non-hydrogen) atoms. The summed E-state index contributed by atoms with van der Waals surface area (Å²) in [5.74, 6) is 0.436. The zero-order chi connectivity index (χ0) is 23.2. The number of hydrogen-bond donors (Lipinski definition) is 3. The van der Waals surface area contributed by atoms with Gasteiger partial charge in [-0.3, -0.25) is 4.79 Å². The Morgan fingerprint density at radius 1 is 0.706 bits per heavy atom. The van der Waals surface area contributed by atoms with Gasteiger partial charge < -0.3 is 16.0 Å². The summed E-state index contributed by atoms with van der Waals surface area (Å²) in [7, 11) is 0. The van der Waals surface area contributed by atoms with Crippen LogP contribution in [0, 0.1) is 0 Å². The van der Waals surface area contributed by atoms with Gasteiger partial charge in [-0.1, -0.05) is 78.9 Å². The first-order valence-corrected chi connectivity index (χ1v) is 11.8. The molecule has 0 unspecified atom stereocenters. The van der Waals surface area contributed by atoms with E-state index in [-0.39, 0.29) is 5.91 Å². The minimum absolute atomic E-state index is 0.107. The zero-order valence-corrected chi connectivity index (χ0v) is 19.1. The van der Waals surface area contributed by atoms with Crippen molar-refractivity contribution < 1.29 is 4.79 Å². The summed E-state index contributed by atoms with van der Waals surface area (Å²) in [4.78, 5) is 12.8. The molecule has 1 aliphatic rings. The van der Waals surface area contributed by atoms with E-state index in [2.05, 4.69) is 64.5 Å². The van der Waals surface area contributed by atoms with E-state index in [1.807, 2.05) is 60.7 Å². The minimum atomic E-state index is -0.107. The van der Waals surface area contributed by atoms with Crippen molar-refractivity contribution in [2.45, 2.75) is 31.5 Å². The predicted octanol–water partition coefficient (Wildman–Crippen LogP) is 6.20. The highest BCUT2D eigenvalue weighted by molar-refractivity contribution is 6.04. The van der Waals surface area contributed by atoms with Gasteiger partial charge >= 0.3 is 0 Å². The number of anilines is 2. The minimum Gasteiger partial charge on any atom is -0.381 e. The van der Waals surface area contributed by atoms with E-state index in [0.29, 0.717) is 17.5 Å². The lowest BCUT2D eigenvalue weighted by molar-refractivity contribution is 0.102. The van der Waals surface area contributed by atoms with Crippen LogP contribution in [-0.2, 0) is 13.1 Å². The van der Waals surface area contributed by atoms with Gasteiger partial charge in [-0.15, -0.1) is 0 Å². The monoisotopic (exact) mass is 447 g/mol. The average Bonchev–Trinajstić information content (AvgIpc) is 3.68. The third-order valence-corrected chi connectivity index (χ3v) is 6.26. The Hall–Kier alpha value is -3.89. The summed E-state index contributed by atoms with van der Waals surface area (Å²) in [5.41, 5.74) is 6.20. The SMILES string of the molecule is O=C(Nc1ccc([C@@H]2C[C@H]2NCc2ccccc2)cc1)c1cccc(NCc2ccccc2)c1. The van der Waals surface area contributed by atoms with Crippen LogP contribution in [0.5, 0.6) is 0 Å². The van der Waals surface area contributed by atoms with Crippen LogP contribution in [-0.4, -0.2) is 11.9 Å². The van der Waals surface area contributed by atoms with Gasteiger partial charge in [-0.2, -0.15) is 0 Å². The van der Waals surface area contributed by atoms with E-state index in [1.165, 1.54) is 16.7 Å². The number of carbonyl (C=O) groups is 1. The van der Waals surface area contributed by atoms with Crippen LogP contribution in [0.25, 0.3) is 0 Å². The van der Waals surface area contributed by atoms with E-state index in [9.17, 15) is 4.79 Å². The van der Waals surface area contributed by atoms with Crippen LogP contribution in [0.3, 0.4) is 0 Å². The molecular weight excluding hydrogens is 418 g/mol. The van der Waals surface area contributed by atoms with Crippen LogP contribution in [0.4, 0.5) is 11.4 Å². The third kappa shape index (κ3) is 5.72. The first kappa shape index (κ1) is 21.9. The molecule has 0 aromatic heterocycles. The molecule has 0 saturated heterocycles. The van der Waals surface area contributed by atoms with E-state index >= 15 is 0 Å². The van der Waals surface area contributed by atoms with Crippen molar-refractivity contribution in [2.24, 2.45) is 0 Å². The largest absolute Gasteiger partial charge is 0.381 e. The summed E-state index contributed by atoms with van der Waals surface area (Å²) >= 11 is 0. The molecule has 2 atom stereocenters. The fraction of sp³-hybridized carbons (Fsp3) is 0.167. The van der Waals surface area contributed by atoms with Crippen LogP contribution in [0.1, 0.15) is 39.4 Å². The van der Waals surface area contributed by atoms with Crippen LogP contribution < -0.4 is 16.0 Å². The first-order valence-electron chi connectivity index (χ1n) is 11.8. The summed E-state index contributed by atoms with van der Waals surface area (Å²) in [6, 6.07) is 37.1. The summed E-state index contributed by atoms with van der Waals surface area (Å²) in [5, 5.41) is 10.0. The van der Waals surface area contributed by atoms with Gasteiger partial charge in [-0.05, 0) is 53.4 Å². The maximum Gasteiger partial charge on any atom is 0.255 e. The van der Waals surface area contributed by atoms with Crippen molar-refractivity contribution in [1.29, 1.82) is 0 Å². The molecule has 0 bridgehead atoms. The molecule has 1 saturated carbocycles. The lowest BCUT2D eigenvalue weighted by atomic mass is 10.1. The van der Waals surface area contributed by atoms with Crippen molar-refractivity contribution in [1.82, 2.24) is 5.32 Å². The molecule has 4 nitrogen and oxygen atoms in total. The molecular formula is C30H29N3O. The molecule has 0 aliphatic heterocycles. The van der Waals surface area contributed by atoms with Gasteiger partial charge in [0.1, 0.15) is 0 Å². The Kier molecular flexibility index (Phi) is 6.68. The van der Waals surface area contributed by atoms with Crippen molar-refractivity contribution in [3.05, 3.63) is 131 Å². The van der Waals surface area contributed by atoms with Gasteiger partial charge in [0, 0.05) is 42.0 Å². The van der Waals surface area contributed by atoms with Gasteiger partial charge in [0.05, 0.1) is 0 Å². The summed E-state index contributed by atoms with van der Waals surface area (Å²) in [6.45, 7) is 1.62. The highest BCUT2D eigenvalue weighted by Gasteiger charge is 2.37. The third-order valence-electron chi connectivity index (χ3n) is 6.26. The van der Waals surface area contributed by atoms with Gasteiger partial charge in [0.15, 0.2) is 0 Å². The number of benzene rings is 4. The normalized spacial score (nSPS) is 16.6. The Labute approximate surface area is 201 Å². The van der Waals surface area contributed by atoms with E-state index in [4.69, 9.17) is 0 Å². The van der Waals surface area contributed by atoms with Crippen molar-refractivity contribution in [2.75, 3.05) is 10.6 Å². The molecule has 3 N–H and O–H groups in total. The summed E-state index contributed by atoms with van der Waals surface area (Å²) in [6.07, 6.45) is 1.15. The maximum absolute atomic E-state index is 12.8. The fourth-order valence-electron chi connectivity index (χ4n) is 4.22. The Bertz CT molecular complexity index is 1220. The molecule has 0 radical (unpaired) electrons. The standard InChI is InChI=1S/C30H29N3O/c34-30(25-12-7-13-27(18-25)31-20-22-8-3-1-4-9-22)33-26-16-14-24(15-17-26)28-19-29(28)32-21-23-10-5-2-6-11-23/h1-18,28-29,31-32H,19-21H2,(H,33,34)/t28-,29+/m0/s1. The first-order chi connectivity index (χ1) is 16.7. The number of amides is 1. The van der Waals surface area contributed by atoms with Gasteiger partial charge in [0.25, 0.3) is 5.91 Å². The molecule has 0 spiro atoms. The molecule has 1 fully saturated rings. The molecule has 1 amide bonds. The van der Waals surface area contributed by atoms with Gasteiger partial charge in [-0.25, -0.2) is 0 Å². The second kappa shape index (κ2) is 10.4. The summed E-state index contributed by atoms with van der Waals surface area (Å²) < 4.78 is 0. The van der Waals surface area contributed by atoms with Crippen LogP contribution >= 0.6 is 0 Å². The van der Waals surface area contributed by atoms with Crippen LogP contribution in [0.15, 0.2) is 109 Å². The van der Waals surface area contributed by atoms with Crippen LogP contribution in [0.2, 0.25) is 0 Å². The molecule has 4 heteroatoms. The molecule has 1 aliphatic carbocycles. The van der Waals surface area contributed by atoms with E-state index in [0.717, 1.165) is 30.9 Å². The molecule has 170 valence electrons. The second-order valence-corrected chi connectivity index (χ2v) is 8.81. The van der Waals surface area contributed by atoms with E-state index < -0.39 is 0 Å². The quantitative estimate of drug-likeness (QED) is 0.286. The number of hydrogen-bond acceptors (Lipinski definition) is 3. The molecule has 4 aromatic rings. The van der Waals surface area contributed by atoms with Crippen molar-refractivity contribution >= 4 is 17.3 Å². The molecule has 5 rings (SSSR count). The highest BCUT2D eigenvalue weighted by Crippen LogP contribution is 2.41. The number of nitrogens with one attached hydrogen (secondary N) is 3. The average molecular weight is 448 g/mol. The second-order valence-electron chi connectivity index (χ2n) is 8.81. The number of carbonyl (C=O) groups excluding carboxylic acids is 1. The lowest BCUT2D eigenvalue weighted by Crippen LogP contribution is -2.17. The predicted molar refractivity (Wildman–Crippen MR) is 139 cm³/mol. The molecule has 0 heterocycles. The Morgan fingerprint density at radius 2 is 1.38 bits per heavy atom. The zero-order valence-electron chi connectivity index (χ0n) is 19.1. The lowest BCUT2D eigenvalue weighted by Gasteiger charge is -2.10. The topological polar surface area (TPSA) is 53.2 Å². The van der Waals surface area contributed by atoms with E-state index in [1.54, 1.807) is 0 Å².